The molecule has 1 aromatic carbocycles. The van der Waals surface area contributed by atoms with E-state index in [1.165, 1.54) is 19.2 Å². The van der Waals surface area contributed by atoms with Gasteiger partial charge in [-0.05, 0) is 12.1 Å². The van der Waals surface area contributed by atoms with Gasteiger partial charge in [-0.15, -0.1) is 0 Å². The lowest BCUT2D eigenvalue weighted by Gasteiger charge is -2.01. The summed E-state index contributed by atoms with van der Waals surface area (Å²) < 4.78 is 4.89. The second-order valence-corrected chi connectivity index (χ2v) is 2.52. The minimum Gasteiger partial charge on any atom is -0.596 e. The van der Waals surface area contributed by atoms with Crippen molar-refractivity contribution in [1.29, 1.82) is 0 Å². The largest absolute Gasteiger partial charge is 0.596 e. The Morgan fingerprint density at radius 1 is 1.50 bits per heavy atom. The molecule has 0 aliphatic heterocycles. The molecule has 0 aromatic heterocycles. The number of nitrogens with zero attached hydrogens (tertiary/aromatic N) is 1. The molecule has 0 spiro atoms. The Labute approximate surface area is 80.4 Å². The number of non-ortho nitro benzene ring substituents is 1. The summed E-state index contributed by atoms with van der Waals surface area (Å²) in [6, 6.07) is 5.83. The molecule has 0 aliphatic rings. The Bertz CT molecular complexity index is 356. The van der Waals surface area contributed by atoms with Crippen LogP contribution < -0.4 is 0 Å². The van der Waals surface area contributed by atoms with Gasteiger partial charge in [-0.3, -0.25) is 10.1 Å². The third-order valence-electron chi connectivity index (χ3n) is 1.71. The molecule has 0 amide bonds. The minimum atomic E-state index is -0.472. The first kappa shape index (κ1) is 10.0. The van der Waals surface area contributed by atoms with Crippen molar-refractivity contribution in [3.05, 3.63) is 46.2 Å². The molecule has 2 N–H and O–H groups in total. The van der Waals surface area contributed by atoms with Crippen molar-refractivity contribution in [1.82, 2.24) is 0 Å². The number of hydrogen-bond donors (Lipinski definition) is 0. The number of benzene rings is 1. The molecular weight excluding hydrogens is 186 g/mol. The van der Waals surface area contributed by atoms with E-state index in [0.29, 0.717) is 11.3 Å². The summed E-state index contributed by atoms with van der Waals surface area (Å²) in [7, 11) is 1.45. The van der Waals surface area contributed by atoms with Crippen LogP contribution in [-0.4, -0.2) is 17.1 Å². The lowest BCUT2D eigenvalue weighted by Crippen LogP contribution is -1.90. The average Bonchev–Trinajstić information content (AvgIpc) is 2.20. The van der Waals surface area contributed by atoms with Crippen LogP contribution in [0.3, 0.4) is 0 Å². The maximum atomic E-state index is 10.3. The lowest BCUT2D eigenvalue weighted by molar-refractivity contribution is -0.384. The Kier molecular flexibility index (Phi) is 3.06. The van der Waals surface area contributed by atoms with Gasteiger partial charge in [0.2, 0.25) is 5.76 Å². The number of nitro benzene ring substituents is 1. The second-order valence-electron chi connectivity index (χ2n) is 2.52. The predicted molar refractivity (Wildman–Crippen MR) is 51.7 cm³/mol. The first-order chi connectivity index (χ1) is 6.69. The summed E-state index contributed by atoms with van der Waals surface area (Å²) in [6.45, 7) is 0. The molecule has 0 unspecified atom stereocenters. The van der Waals surface area contributed by atoms with Gasteiger partial charge in [0.05, 0.1) is 12.0 Å². The van der Waals surface area contributed by atoms with Crippen molar-refractivity contribution in [3.8, 4) is 0 Å². The Hall–Kier alpha value is -2.04. The monoisotopic (exact) mass is 196 g/mol. The van der Waals surface area contributed by atoms with Crippen LogP contribution in [0, 0.1) is 10.1 Å². The normalized spacial score (nSPS) is 11.1. The number of nitro groups is 1. The van der Waals surface area contributed by atoms with E-state index in [9.17, 15) is 10.1 Å². The SMILES string of the molecule is COC(=C[OH2+])c1ccc([N+](=O)[O-])cc1. The van der Waals surface area contributed by atoms with Crippen LogP contribution in [-0.2, 0) is 4.74 Å². The van der Waals surface area contributed by atoms with Crippen LogP contribution in [0.25, 0.3) is 5.76 Å². The van der Waals surface area contributed by atoms with Crippen molar-refractivity contribution in [2.24, 2.45) is 0 Å². The molecule has 5 heteroatoms. The fraction of sp³-hybridized carbons (Fsp3) is 0.111. The number of hydrogen-bond acceptors (Lipinski definition) is 3. The minimum absolute atomic E-state index is 0.0224. The van der Waals surface area contributed by atoms with Gasteiger partial charge in [0.15, 0.2) is 0 Å². The number of methoxy groups -OCH3 is 1. The summed E-state index contributed by atoms with van der Waals surface area (Å²) >= 11 is 0. The molecule has 74 valence electrons. The van der Waals surface area contributed by atoms with E-state index < -0.39 is 4.92 Å². The molecule has 0 heterocycles. The number of rotatable bonds is 3. The molecule has 0 fully saturated rings. The standard InChI is InChI=1S/C9H9NO4/c1-14-9(6-11)7-2-4-8(5-3-7)10(12)13/h2-6,11H,1H3/p+1. The van der Waals surface area contributed by atoms with E-state index in [2.05, 4.69) is 0 Å². The zero-order valence-electron chi connectivity index (χ0n) is 7.56. The molecule has 0 saturated carbocycles. The molecule has 1 rings (SSSR count). The fourth-order valence-electron chi connectivity index (χ4n) is 1.01. The predicted octanol–water partition coefficient (Wildman–Crippen LogP) is 1.26. The van der Waals surface area contributed by atoms with Crippen LogP contribution in [0.5, 0.6) is 0 Å². The highest BCUT2D eigenvalue weighted by Gasteiger charge is 2.07. The summed E-state index contributed by atoms with van der Waals surface area (Å²) in [5.74, 6) is 0.375. The molecule has 1 aromatic rings. The lowest BCUT2D eigenvalue weighted by atomic mass is 10.2. The van der Waals surface area contributed by atoms with E-state index in [-0.39, 0.29) is 5.69 Å². The Morgan fingerprint density at radius 2 is 2.07 bits per heavy atom. The van der Waals surface area contributed by atoms with Crippen LogP contribution in [0.4, 0.5) is 5.69 Å². The number of ether oxygens (including phenoxy) is 1. The van der Waals surface area contributed by atoms with Crippen LogP contribution in [0.1, 0.15) is 5.56 Å². The first-order valence-corrected chi connectivity index (χ1v) is 3.85. The smallest absolute Gasteiger partial charge is 0.269 e. The van der Waals surface area contributed by atoms with Gasteiger partial charge in [-0.1, -0.05) is 0 Å². The third kappa shape index (κ3) is 2.01. The average molecular weight is 196 g/mol. The molecule has 0 radical (unpaired) electrons. The van der Waals surface area contributed by atoms with Gasteiger partial charge in [0, 0.05) is 17.7 Å². The Balaban J connectivity index is 2.99. The second kappa shape index (κ2) is 4.27. The molecule has 0 bridgehead atoms. The van der Waals surface area contributed by atoms with E-state index in [0.717, 1.165) is 6.26 Å². The summed E-state index contributed by atoms with van der Waals surface area (Å²) in [4.78, 5) is 9.87. The molecule has 0 aliphatic carbocycles. The maximum absolute atomic E-state index is 10.3. The van der Waals surface area contributed by atoms with Gasteiger partial charge >= 0.3 is 0 Å². The van der Waals surface area contributed by atoms with Crippen molar-refractivity contribution in [3.63, 3.8) is 0 Å². The van der Waals surface area contributed by atoms with Crippen LogP contribution in [0.2, 0.25) is 0 Å². The van der Waals surface area contributed by atoms with Gasteiger partial charge < -0.3 is 9.84 Å². The summed E-state index contributed by atoms with van der Waals surface area (Å²) in [6.07, 6.45) is 1.06. The highest BCUT2D eigenvalue weighted by Crippen LogP contribution is 2.18. The van der Waals surface area contributed by atoms with Crippen molar-refractivity contribution in [2.45, 2.75) is 0 Å². The summed E-state index contributed by atoms with van der Waals surface area (Å²) in [5.41, 5.74) is 0.669. The molecule has 5 nitrogen and oxygen atoms in total. The van der Waals surface area contributed by atoms with Crippen LogP contribution in [0.15, 0.2) is 30.5 Å². The van der Waals surface area contributed by atoms with Crippen molar-refractivity contribution < 1.29 is 14.8 Å². The zero-order valence-corrected chi connectivity index (χ0v) is 7.56. The van der Waals surface area contributed by atoms with Crippen LogP contribution >= 0.6 is 0 Å². The molecule has 14 heavy (non-hydrogen) atoms. The Morgan fingerprint density at radius 3 is 2.43 bits per heavy atom. The van der Waals surface area contributed by atoms with E-state index >= 15 is 0 Å². The van der Waals surface area contributed by atoms with Crippen molar-refractivity contribution in [2.75, 3.05) is 7.11 Å². The zero-order chi connectivity index (χ0) is 10.6. The highest BCUT2D eigenvalue weighted by molar-refractivity contribution is 5.59. The van der Waals surface area contributed by atoms with Gasteiger partial charge in [-0.25, -0.2) is 0 Å². The van der Waals surface area contributed by atoms with E-state index in [4.69, 9.17) is 9.84 Å². The van der Waals surface area contributed by atoms with Crippen molar-refractivity contribution >= 4 is 11.4 Å². The highest BCUT2D eigenvalue weighted by atomic mass is 16.6. The van der Waals surface area contributed by atoms with Gasteiger partial charge in [-0.2, -0.15) is 0 Å². The third-order valence-corrected chi connectivity index (χ3v) is 1.71. The summed E-state index contributed by atoms with van der Waals surface area (Å²) in [5, 5.41) is 17.4. The van der Waals surface area contributed by atoms with Gasteiger partial charge in [0.25, 0.3) is 11.9 Å². The quantitative estimate of drug-likeness (QED) is 0.316. The molecule has 0 saturated heterocycles. The molecular formula is C9H10NO4+. The topological polar surface area (TPSA) is 75.3 Å². The maximum Gasteiger partial charge on any atom is 0.269 e. The fourth-order valence-corrected chi connectivity index (χ4v) is 1.01. The van der Waals surface area contributed by atoms with E-state index in [1.54, 1.807) is 12.1 Å². The van der Waals surface area contributed by atoms with Gasteiger partial charge in [0.1, 0.15) is 0 Å². The first-order valence-electron chi connectivity index (χ1n) is 3.85. The van der Waals surface area contributed by atoms with E-state index in [1.807, 2.05) is 0 Å². The molecule has 0 atom stereocenters.